The van der Waals surface area contributed by atoms with Gasteiger partial charge in [-0.15, -0.1) is 0 Å². The largest absolute Gasteiger partial charge is 0.329 e. The second-order valence-electron chi connectivity index (χ2n) is 8.69. The lowest BCUT2D eigenvalue weighted by Crippen LogP contribution is -2.12. The molecule has 0 aliphatic heterocycles. The number of benzene rings is 2. The zero-order valence-corrected chi connectivity index (χ0v) is 18.8. The van der Waals surface area contributed by atoms with Crippen LogP contribution >= 0.6 is 11.3 Å². The maximum atomic E-state index is 12.1. The summed E-state index contributed by atoms with van der Waals surface area (Å²) in [5.41, 5.74) is 7.34. The van der Waals surface area contributed by atoms with Crippen LogP contribution < -0.4 is 10.2 Å². The Kier molecular flexibility index (Phi) is 4.68. The van der Waals surface area contributed by atoms with E-state index in [0.717, 1.165) is 34.7 Å². The number of hydrogen-bond acceptors (Lipinski definition) is 5. The highest BCUT2D eigenvalue weighted by molar-refractivity contribution is 7.22. The Hall–Kier alpha value is -3.25. The van der Waals surface area contributed by atoms with Crippen LogP contribution in [0.3, 0.4) is 0 Å². The van der Waals surface area contributed by atoms with Crippen molar-refractivity contribution in [1.29, 1.82) is 0 Å². The molecule has 2 aliphatic rings. The van der Waals surface area contributed by atoms with Crippen LogP contribution in [0.2, 0.25) is 0 Å². The molecule has 5 nitrogen and oxygen atoms in total. The van der Waals surface area contributed by atoms with Crippen LogP contribution in [0.25, 0.3) is 21.5 Å². The molecule has 0 radical (unpaired) electrons. The number of hydrogen-bond donors (Lipinski definition) is 1. The molecule has 1 fully saturated rings. The maximum absolute atomic E-state index is 12.1. The molecular weight excluding hydrogens is 416 g/mol. The average Bonchev–Trinajstić information content (AvgIpc) is 3.44. The fourth-order valence-corrected chi connectivity index (χ4v) is 5.31. The molecule has 1 saturated carbocycles. The smallest absolute Gasteiger partial charge is 0.229 e. The van der Waals surface area contributed by atoms with Crippen molar-refractivity contribution in [1.82, 2.24) is 9.97 Å². The Morgan fingerprint density at radius 1 is 1.03 bits per heavy atom. The number of carbonyl (C=O) groups excluding carboxylic acids is 1. The van der Waals surface area contributed by atoms with E-state index in [1.54, 1.807) is 0 Å². The number of aromatic nitrogens is 2. The highest BCUT2D eigenvalue weighted by Crippen LogP contribution is 2.37. The Morgan fingerprint density at radius 3 is 2.75 bits per heavy atom. The zero-order valence-electron chi connectivity index (χ0n) is 18.0. The first-order valence-electron chi connectivity index (χ1n) is 11.2. The molecule has 160 valence electrons. The second kappa shape index (κ2) is 7.71. The van der Waals surface area contributed by atoms with Crippen molar-refractivity contribution in [2.75, 3.05) is 17.3 Å². The van der Waals surface area contributed by atoms with Crippen molar-refractivity contribution < 1.29 is 4.79 Å². The van der Waals surface area contributed by atoms with Gasteiger partial charge in [0.1, 0.15) is 16.2 Å². The lowest BCUT2D eigenvalue weighted by Gasteiger charge is -2.22. The fourth-order valence-electron chi connectivity index (χ4n) is 4.47. The van der Waals surface area contributed by atoms with E-state index in [1.165, 1.54) is 52.9 Å². The van der Waals surface area contributed by atoms with Gasteiger partial charge in [-0.05, 0) is 67.0 Å². The summed E-state index contributed by atoms with van der Waals surface area (Å²) in [4.78, 5) is 24.4. The van der Waals surface area contributed by atoms with Crippen molar-refractivity contribution in [2.24, 2.45) is 5.92 Å². The lowest BCUT2D eigenvalue weighted by molar-refractivity contribution is -0.117. The van der Waals surface area contributed by atoms with Gasteiger partial charge in [0.15, 0.2) is 5.13 Å². The molecule has 0 spiro atoms. The van der Waals surface area contributed by atoms with E-state index in [4.69, 9.17) is 4.98 Å². The molecule has 6 heteroatoms. The van der Waals surface area contributed by atoms with Gasteiger partial charge in [-0.2, -0.15) is 0 Å². The highest BCUT2D eigenvalue weighted by Gasteiger charge is 2.30. The third-order valence-electron chi connectivity index (χ3n) is 6.44. The minimum Gasteiger partial charge on any atom is -0.329 e. The monoisotopic (exact) mass is 440 g/mol. The number of carbonyl (C=O) groups is 1. The molecule has 6 rings (SSSR count). The van der Waals surface area contributed by atoms with Crippen LogP contribution in [0.1, 0.15) is 30.4 Å². The minimum atomic E-state index is 0.0738. The van der Waals surface area contributed by atoms with Gasteiger partial charge in [0.05, 0.1) is 0 Å². The predicted octanol–water partition coefficient (Wildman–Crippen LogP) is 5.96. The van der Waals surface area contributed by atoms with Gasteiger partial charge < -0.3 is 10.2 Å². The predicted molar refractivity (Wildman–Crippen MR) is 131 cm³/mol. The molecule has 4 aromatic rings. The number of fused-ring (bicyclic) bond motifs is 2. The van der Waals surface area contributed by atoms with E-state index >= 15 is 0 Å². The van der Waals surface area contributed by atoms with Gasteiger partial charge in [-0.3, -0.25) is 4.79 Å². The SMILES string of the molecule is CN(c1ccc2nc(NC(=O)C3CC3)sc2n1)c1ccccc1-c1ccc2c(c1)CCC2. The average molecular weight is 441 g/mol. The molecule has 2 heterocycles. The summed E-state index contributed by atoms with van der Waals surface area (Å²) >= 11 is 1.43. The van der Waals surface area contributed by atoms with Crippen LogP contribution in [0, 0.1) is 5.92 Å². The zero-order chi connectivity index (χ0) is 21.7. The van der Waals surface area contributed by atoms with Crippen molar-refractivity contribution in [3.05, 3.63) is 65.7 Å². The quantitative estimate of drug-likeness (QED) is 0.416. The molecule has 0 saturated heterocycles. The van der Waals surface area contributed by atoms with Gasteiger partial charge in [-0.25, -0.2) is 9.97 Å². The van der Waals surface area contributed by atoms with Crippen molar-refractivity contribution in [3.63, 3.8) is 0 Å². The summed E-state index contributed by atoms with van der Waals surface area (Å²) in [6, 6.07) is 19.3. The number of thiazole rings is 1. The number of para-hydroxylation sites is 1. The van der Waals surface area contributed by atoms with Crippen LogP contribution in [-0.4, -0.2) is 22.9 Å². The van der Waals surface area contributed by atoms with E-state index in [9.17, 15) is 4.79 Å². The van der Waals surface area contributed by atoms with Crippen LogP contribution in [0.4, 0.5) is 16.6 Å². The number of aryl methyl sites for hydroxylation is 2. The van der Waals surface area contributed by atoms with E-state index in [0.29, 0.717) is 5.13 Å². The molecule has 1 amide bonds. The van der Waals surface area contributed by atoms with Gasteiger partial charge in [0, 0.05) is 24.2 Å². The van der Waals surface area contributed by atoms with Crippen LogP contribution in [0.15, 0.2) is 54.6 Å². The first-order chi connectivity index (χ1) is 15.7. The number of anilines is 3. The summed E-state index contributed by atoms with van der Waals surface area (Å²) in [6.45, 7) is 0. The van der Waals surface area contributed by atoms with E-state index < -0.39 is 0 Å². The number of nitrogens with zero attached hydrogens (tertiary/aromatic N) is 3. The molecule has 0 unspecified atom stereocenters. The molecular formula is C26H24N4OS. The Labute approximate surface area is 191 Å². The topological polar surface area (TPSA) is 58.1 Å². The first kappa shape index (κ1) is 19.4. The van der Waals surface area contributed by atoms with Crippen molar-refractivity contribution in [3.8, 4) is 11.1 Å². The lowest BCUT2D eigenvalue weighted by atomic mass is 9.99. The highest BCUT2D eigenvalue weighted by atomic mass is 32.1. The first-order valence-corrected chi connectivity index (χ1v) is 12.0. The molecule has 1 N–H and O–H groups in total. The van der Waals surface area contributed by atoms with Crippen molar-refractivity contribution >= 4 is 44.2 Å². The number of rotatable bonds is 5. The second-order valence-corrected chi connectivity index (χ2v) is 9.67. The molecule has 2 aromatic carbocycles. The molecule has 0 atom stereocenters. The summed E-state index contributed by atoms with van der Waals surface area (Å²) in [5, 5.41) is 3.57. The van der Waals surface area contributed by atoms with Gasteiger partial charge in [0.2, 0.25) is 5.91 Å². The summed E-state index contributed by atoms with van der Waals surface area (Å²) in [5.74, 6) is 1.09. The molecule has 32 heavy (non-hydrogen) atoms. The van der Waals surface area contributed by atoms with Crippen LogP contribution in [-0.2, 0) is 17.6 Å². The molecule has 2 aliphatic carbocycles. The Morgan fingerprint density at radius 2 is 1.88 bits per heavy atom. The number of pyridine rings is 1. The number of nitrogens with one attached hydrogen (secondary N) is 1. The maximum Gasteiger partial charge on any atom is 0.229 e. The third kappa shape index (κ3) is 3.54. The summed E-state index contributed by atoms with van der Waals surface area (Å²) < 4.78 is 0. The van der Waals surface area contributed by atoms with Crippen LogP contribution in [0.5, 0.6) is 0 Å². The standard InChI is InChI=1S/C26H24N4OS/c1-30(22-8-3-2-7-20(22)19-12-9-16-5-4-6-18(16)15-19)23-14-13-21-25(28-23)32-26(27-21)29-24(31)17-10-11-17/h2-3,7-9,12-15,17H,4-6,10-11H2,1H3,(H,27,29,31). The van der Waals surface area contributed by atoms with Gasteiger partial charge in [-0.1, -0.05) is 47.7 Å². The molecule has 2 aromatic heterocycles. The number of amides is 1. The molecule has 0 bridgehead atoms. The summed E-state index contributed by atoms with van der Waals surface area (Å²) in [7, 11) is 2.05. The van der Waals surface area contributed by atoms with E-state index in [2.05, 4.69) is 64.7 Å². The minimum absolute atomic E-state index is 0.0738. The Bertz CT molecular complexity index is 1340. The van der Waals surface area contributed by atoms with Crippen molar-refractivity contribution in [2.45, 2.75) is 32.1 Å². The van der Waals surface area contributed by atoms with E-state index in [-0.39, 0.29) is 11.8 Å². The Balaban J connectivity index is 1.32. The van der Waals surface area contributed by atoms with Gasteiger partial charge in [0.25, 0.3) is 0 Å². The normalized spacial score (nSPS) is 15.0. The van der Waals surface area contributed by atoms with Gasteiger partial charge >= 0.3 is 0 Å². The summed E-state index contributed by atoms with van der Waals surface area (Å²) in [6.07, 6.45) is 5.58. The third-order valence-corrected chi connectivity index (χ3v) is 7.32. The van der Waals surface area contributed by atoms with E-state index in [1.807, 2.05) is 12.1 Å². The fraction of sp³-hybridized carbons (Fsp3) is 0.269.